The molecule has 0 bridgehead atoms. The Bertz CT molecular complexity index is 1100. The molecule has 0 saturated heterocycles. The van der Waals surface area contributed by atoms with Crippen LogP contribution in [0.2, 0.25) is 5.02 Å². The van der Waals surface area contributed by atoms with Gasteiger partial charge in [0.25, 0.3) is 5.91 Å². The highest BCUT2D eigenvalue weighted by molar-refractivity contribution is 7.89. The lowest BCUT2D eigenvalue weighted by atomic mass is 10.2. The minimum absolute atomic E-state index is 0.0444. The average Bonchev–Trinajstić information content (AvgIpc) is 3.11. The van der Waals surface area contributed by atoms with Crippen LogP contribution in [0.4, 0.5) is 5.13 Å². The molecule has 7 nitrogen and oxygen atoms in total. The third-order valence-electron chi connectivity index (χ3n) is 3.74. The van der Waals surface area contributed by atoms with Gasteiger partial charge in [-0.25, -0.2) is 18.1 Å². The molecule has 0 fully saturated rings. The zero-order chi connectivity index (χ0) is 20.9. The van der Waals surface area contributed by atoms with Crippen LogP contribution in [0.5, 0.6) is 5.75 Å². The van der Waals surface area contributed by atoms with Gasteiger partial charge in [-0.05, 0) is 37.3 Å². The third kappa shape index (κ3) is 5.77. The van der Waals surface area contributed by atoms with Crippen LogP contribution in [-0.4, -0.2) is 32.5 Å². The second-order valence-electron chi connectivity index (χ2n) is 5.93. The Morgan fingerprint density at radius 3 is 2.66 bits per heavy atom. The number of aromatic nitrogens is 1. The summed E-state index contributed by atoms with van der Waals surface area (Å²) in [5.74, 6) is 0.114. The lowest BCUT2D eigenvalue weighted by Gasteiger charge is -2.10. The Balaban J connectivity index is 1.66. The number of benzene rings is 2. The monoisotopic (exact) mass is 451 g/mol. The molecule has 0 aliphatic rings. The molecule has 0 atom stereocenters. The van der Waals surface area contributed by atoms with Crippen molar-refractivity contribution in [3.8, 4) is 5.75 Å². The number of sulfonamides is 1. The molecule has 0 aliphatic carbocycles. The molecular weight excluding hydrogens is 434 g/mol. The summed E-state index contributed by atoms with van der Waals surface area (Å²) >= 11 is 7.40. The van der Waals surface area contributed by atoms with Gasteiger partial charge < -0.3 is 4.74 Å². The van der Waals surface area contributed by atoms with Crippen molar-refractivity contribution in [3.05, 3.63) is 70.2 Å². The summed E-state index contributed by atoms with van der Waals surface area (Å²) < 4.78 is 33.0. The van der Waals surface area contributed by atoms with E-state index >= 15 is 0 Å². The van der Waals surface area contributed by atoms with Crippen molar-refractivity contribution in [2.45, 2.75) is 11.8 Å². The van der Waals surface area contributed by atoms with Crippen molar-refractivity contribution in [1.82, 2.24) is 9.71 Å². The van der Waals surface area contributed by atoms with Crippen LogP contribution in [0.25, 0.3) is 0 Å². The summed E-state index contributed by atoms with van der Waals surface area (Å²) in [6.07, 6.45) is 1.63. The Morgan fingerprint density at radius 2 is 1.97 bits per heavy atom. The molecule has 1 heterocycles. The van der Waals surface area contributed by atoms with Crippen molar-refractivity contribution in [2.24, 2.45) is 0 Å². The maximum Gasteiger partial charge on any atom is 0.259 e. The Labute approximate surface area is 177 Å². The number of carbonyl (C=O) groups is 1. The second-order valence-corrected chi connectivity index (χ2v) is 9.34. The number of halogens is 1. The number of carbonyl (C=O) groups excluding carboxylic acids is 1. The van der Waals surface area contributed by atoms with Crippen molar-refractivity contribution in [1.29, 1.82) is 0 Å². The summed E-state index contributed by atoms with van der Waals surface area (Å²) in [6, 6.07) is 13.0. The maximum atomic E-state index is 12.5. The van der Waals surface area contributed by atoms with Crippen LogP contribution in [0.3, 0.4) is 0 Å². The first-order valence-corrected chi connectivity index (χ1v) is 11.2. The number of amides is 1. The van der Waals surface area contributed by atoms with Gasteiger partial charge in [-0.1, -0.05) is 29.8 Å². The highest BCUT2D eigenvalue weighted by Crippen LogP contribution is 2.23. The number of aryl methyl sites for hydroxylation is 1. The molecule has 29 heavy (non-hydrogen) atoms. The van der Waals surface area contributed by atoms with Crippen LogP contribution in [0.1, 0.15) is 15.2 Å². The highest BCUT2D eigenvalue weighted by Gasteiger charge is 2.19. The first-order chi connectivity index (χ1) is 13.8. The number of nitrogens with zero attached hydrogens (tertiary/aromatic N) is 1. The van der Waals surface area contributed by atoms with Crippen LogP contribution in [-0.2, 0) is 10.0 Å². The minimum Gasteiger partial charge on any atom is -0.492 e. The average molecular weight is 452 g/mol. The smallest absolute Gasteiger partial charge is 0.259 e. The van der Waals surface area contributed by atoms with Crippen LogP contribution in [0, 0.1) is 6.92 Å². The normalized spacial score (nSPS) is 11.2. The van der Waals surface area contributed by atoms with Gasteiger partial charge in [-0.3, -0.25) is 10.1 Å². The zero-order valence-corrected chi connectivity index (χ0v) is 17.8. The fourth-order valence-corrected chi connectivity index (χ4v) is 4.27. The molecule has 0 spiro atoms. The van der Waals surface area contributed by atoms with Gasteiger partial charge in [-0.15, -0.1) is 11.3 Å². The molecule has 1 amide bonds. The van der Waals surface area contributed by atoms with Gasteiger partial charge in [-0.2, -0.15) is 0 Å². The molecule has 2 N–H and O–H groups in total. The number of nitrogens with one attached hydrogen (secondary N) is 2. The lowest BCUT2D eigenvalue weighted by molar-refractivity contribution is 0.102. The van der Waals surface area contributed by atoms with Crippen molar-refractivity contribution >= 4 is 44.0 Å². The molecule has 0 radical (unpaired) electrons. The summed E-state index contributed by atoms with van der Waals surface area (Å²) in [6.45, 7) is 2.09. The summed E-state index contributed by atoms with van der Waals surface area (Å²) in [5, 5.41) is 3.17. The van der Waals surface area contributed by atoms with Gasteiger partial charge >= 0.3 is 0 Å². The van der Waals surface area contributed by atoms with E-state index in [2.05, 4.69) is 15.0 Å². The number of hydrogen-bond acceptors (Lipinski definition) is 6. The van der Waals surface area contributed by atoms with Crippen LogP contribution >= 0.6 is 22.9 Å². The SMILES string of the molecule is Cc1cnc(NC(=O)c2cc(S(=O)(=O)NCCOc3ccccc3)ccc2Cl)s1. The molecule has 0 aliphatic heterocycles. The maximum absolute atomic E-state index is 12.5. The van der Waals surface area contributed by atoms with E-state index < -0.39 is 15.9 Å². The number of thiazole rings is 1. The first kappa shape index (κ1) is 21.3. The standard InChI is InChI=1S/C19H18ClN3O4S2/c1-13-12-21-19(28-13)23-18(24)16-11-15(7-8-17(16)20)29(25,26)22-9-10-27-14-5-3-2-4-6-14/h2-8,11-12,22H,9-10H2,1H3,(H,21,23,24). The van der Waals surface area contributed by atoms with E-state index in [-0.39, 0.29) is 28.6 Å². The molecule has 2 aromatic carbocycles. The number of ether oxygens (including phenoxy) is 1. The van der Waals surface area contributed by atoms with Crippen molar-refractivity contribution in [2.75, 3.05) is 18.5 Å². The Hall–Kier alpha value is -2.46. The van der Waals surface area contributed by atoms with E-state index in [4.69, 9.17) is 16.3 Å². The van der Waals surface area contributed by atoms with Gasteiger partial charge in [0.05, 0.1) is 15.5 Å². The number of para-hydroxylation sites is 1. The van der Waals surface area contributed by atoms with Crippen LogP contribution < -0.4 is 14.8 Å². The van der Waals surface area contributed by atoms with Crippen LogP contribution in [0.15, 0.2) is 59.6 Å². The number of hydrogen-bond donors (Lipinski definition) is 2. The topological polar surface area (TPSA) is 97.4 Å². The summed E-state index contributed by atoms with van der Waals surface area (Å²) in [7, 11) is -3.84. The quantitative estimate of drug-likeness (QED) is 0.509. The first-order valence-electron chi connectivity index (χ1n) is 8.56. The van der Waals surface area contributed by atoms with Crippen molar-refractivity contribution in [3.63, 3.8) is 0 Å². The fourth-order valence-electron chi connectivity index (χ4n) is 2.37. The minimum atomic E-state index is -3.84. The van der Waals surface area contributed by atoms with E-state index in [1.807, 2.05) is 25.1 Å². The zero-order valence-electron chi connectivity index (χ0n) is 15.4. The van der Waals surface area contributed by atoms with E-state index in [1.54, 1.807) is 18.3 Å². The second kappa shape index (κ2) is 9.36. The predicted molar refractivity (Wildman–Crippen MR) is 113 cm³/mol. The van der Waals surface area contributed by atoms with Gasteiger partial charge in [0.15, 0.2) is 5.13 Å². The largest absolute Gasteiger partial charge is 0.492 e. The molecule has 3 aromatic rings. The molecule has 0 saturated carbocycles. The molecule has 3 rings (SSSR count). The Kier molecular flexibility index (Phi) is 6.86. The van der Waals surface area contributed by atoms with E-state index in [0.29, 0.717) is 10.9 Å². The Morgan fingerprint density at radius 1 is 1.21 bits per heavy atom. The lowest BCUT2D eigenvalue weighted by Crippen LogP contribution is -2.28. The third-order valence-corrected chi connectivity index (χ3v) is 6.36. The number of rotatable bonds is 8. The molecule has 0 unspecified atom stereocenters. The summed E-state index contributed by atoms with van der Waals surface area (Å²) in [4.78, 5) is 17.4. The number of anilines is 1. The molecule has 152 valence electrons. The van der Waals surface area contributed by atoms with E-state index in [1.165, 1.54) is 29.5 Å². The summed E-state index contributed by atoms with van der Waals surface area (Å²) in [5.41, 5.74) is 0.0444. The van der Waals surface area contributed by atoms with Gasteiger partial charge in [0, 0.05) is 17.6 Å². The van der Waals surface area contributed by atoms with Gasteiger partial charge in [0.1, 0.15) is 12.4 Å². The molecule has 1 aromatic heterocycles. The van der Waals surface area contributed by atoms with Crippen molar-refractivity contribution < 1.29 is 17.9 Å². The predicted octanol–water partition coefficient (Wildman–Crippen LogP) is 3.71. The fraction of sp³-hybridized carbons (Fsp3) is 0.158. The van der Waals surface area contributed by atoms with Gasteiger partial charge in [0.2, 0.25) is 10.0 Å². The molecule has 10 heteroatoms. The van der Waals surface area contributed by atoms with E-state index in [0.717, 1.165) is 4.88 Å². The molecular formula is C19H18ClN3O4S2. The highest BCUT2D eigenvalue weighted by atomic mass is 35.5. The van der Waals surface area contributed by atoms with E-state index in [9.17, 15) is 13.2 Å².